The van der Waals surface area contributed by atoms with E-state index in [9.17, 15) is 9.90 Å². The van der Waals surface area contributed by atoms with Gasteiger partial charge in [-0.15, -0.1) is 0 Å². The fraction of sp³-hybridized carbons (Fsp3) is 0.0526. The number of aromatic hydroxyl groups is 1. The highest BCUT2D eigenvalue weighted by molar-refractivity contribution is 9.11. The predicted octanol–water partition coefficient (Wildman–Crippen LogP) is 4.60. The number of ether oxygens (including phenoxy) is 1. The van der Waals surface area contributed by atoms with E-state index in [1.807, 2.05) is 24.3 Å². The summed E-state index contributed by atoms with van der Waals surface area (Å²) < 4.78 is 7.35. The number of para-hydroxylation sites is 1. The number of benzene rings is 3. The van der Waals surface area contributed by atoms with Crippen LogP contribution in [0.1, 0.15) is 5.56 Å². The van der Waals surface area contributed by atoms with Crippen LogP contribution in [0, 0.1) is 0 Å². The second-order valence-corrected chi connectivity index (χ2v) is 7.09. The third-order valence-corrected chi connectivity index (χ3v) is 4.88. The third-order valence-electron chi connectivity index (χ3n) is 3.57. The molecule has 0 saturated carbocycles. The Morgan fingerprint density at radius 1 is 1.15 bits per heavy atom. The molecule has 0 heterocycles. The lowest BCUT2D eigenvalue weighted by molar-refractivity contribution is -0.123. The van der Waals surface area contributed by atoms with E-state index in [2.05, 4.69) is 42.4 Å². The first kappa shape index (κ1) is 18.4. The summed E-state index contributed by atoms with van der Waals surface area (Å²) in [6.45, 7) is -0.182. The fourth-order valence-corrected chi connectivity index (χ4v) is 3.29. The van der Waals surface area contributed by atoms with Crippen LogP contribution in [0.4, 0.5) is 0 Å². The molecule has 0 unspecified atom stereocenters. The van der Waals surface area contributed by atoms with Crippen molar-refractivity contribution < 1.29 is 14.6 Å². The molecule has 2 N–H and O–H groups in total. The second-order valence-electron chi connectivity index (χ2n) is 5.38. The highest BCUT2D eigenvalue weighted by Crippen LogP contribution is 2.34. The molecule has 0 saturated heterocycles. The monoisotopic (exact) mass is 476 g/mol. The molecule has 26 heavy (non-hydrogen) atoms. The Kier molecular flexibility index (Phi) is 5.90. The highest BCUT2D eigenvalue weighted by atomic mass is 79.9. The molecule has 0 aliphatic heterocycles. The molecule has 3 rings (SSSR count). The van der Waals surface area contributed by atoms with E-state index in [1.54, 1.807) is 30.3 Å². The maximum atomic E-state index is 11.9. The lowest BCUT2D eigenvalue weighted by Crippen LogP contribution is -2.24. The average Bonchev–Trinajstić information content (AvgIpc) is 2.62. The molecule has 1 amide bonds. The SMILES string of the molecule is O=C(COc1ccc2cc(Br)ccc2c1Br)N/N=C/c1ccccc1O. The van der Waals surface area contributed by atoms with Gasteiger partial charge in [-0.05, 0) is 57.0 Å². The number of carbonyl (C=O) groups is 1. The number of nitrogens with one attached hydrogen (secondary N) is 1. The molecule has 0 spiro atoms. The van der Waals surface area contributed by atoms with Crippen LogP contribution in [0.3, 0.4) is 0 Å². The number of hydrogen-bond donors (Lipinski definition) is 2. The molecule has 0 radical (unpaired) electrons. The molecule has 0 aliphatic carbocycles. The van der Waals surface area contributed by atoms with E-state index < -0.39 is 5.91 Å². The fourth-order valence-electron chi connectivity index (χ4n) is 2.30. The minimum absolute atomic E-state index is 0.0912. The average molecular weight is 478 g/mol. The van der Waals surface area contributed by atoms with E-state index in [0.29, 0.717) is 11.3 Å². The first-order chi connectivity index (χ1) is 12.5. The molecular weight excluding hydrogens is 464 g/mol. The van der Waals surface area contributed by atoms with Crippen LogP contribution >= 0.6 is 31.9 Å². The first-order valence-electron chi connectivity index (χ1n) is 7.65. The van der Waals surface area contributed by atoms with Gasteiger partial charge in [-0.2, -0.15) is 5.10 Å². The number of phenolic OH excluding ortho intramolecular Hbond substituents is 1. The van der Waals surface area contributed by atoms with Crippen LogP contribution in [0.25, 0.3) is 10.8 Å². The van der Waals surface area contributed by atoms with Crippen LogP contribution in [0.15, 0.2) is 68.6 Å². The van der Waals surface area contributed by atoms with Crippen molar-refractivity contribution in [1.82, 2.24) is 5.43 Å². The molecule has 0 aromatic heterocycles. The van der Waals surface area contributed by atoms with E-state index in [-0.39, 0.29) is 12.4 Å². The summed E-state index contributed by atoms with van der Waals surface area (Å²) in [5, 5.41) is 15.5. The quantitative estimate of drug-likeness (QED) is 0.416. The van der Waals surface area contributed by atoms with Gasteiger partial charge in [0.25, 0.3) is 5.91 Å². The Bertz CT molecular complexity index is 990. The Labute approximate surface area is 166 Å². The van der Waals surface area contributed by atoms with Crippen molar-refractivity contribution in [3.63, 3.8) is 0 Å². The maximum Gasteiger partial charge on any atom is 0.277 e. The number of amides is 1. The standard InChI is InChI=1S/C19H14Br2N2O3/c20-14-6-7-15-12(9-14)5-8-17(19(15)21)26-11-18(25)23-22-10-13-3-1-2-4-16(13)24/h1-10,24H,11H2,(H,23,25)/b22-10+. The van der Waals surface area contributed by atoms with Gasteiger partial charge in [0.2, 0.25) is 0 Å². The van der Waals surface area contributed by atoms with Crippen LogP contribution in [-0.4, -0.2) is 23.8 Å². The molecule has 5 nitrogen and oxygen atoms in total. The van der Waals surface area contributed by atoms with Crippen LogP contribution < -0.4 is 10.2 Å². The molecule has 3 aromatic rings. The van der Waals surface area contributed by atoms with E-state index in [1.165, 1.54) is 6.21 Å². The van der Waals surface area contributed by atoms with Crippen molar-refractivity contribution in [2.24, 2.45) is 5.10 Å². The first-order valence-corrected chi connectivity index (χ1v) is 9.23. The van der Waals surface area contributed by atoms with Gasteiger partial charge in [-0.3, -0.25) is 4.79 Å². The lowest BCUT2D eigenvalue weighted by atomic mass is 10.1. The Hall–Kier alpha value is -2.38. The summed E-state index contributed by atoms with van der Waals surface area (Å²) in [7, 11) is 0. The van der Waals surface area contributed by atoms with Crippen LogP contribution in [0.5, 0.6) is 11.5 Å². The topological polar surface area (TPSA) is 70.9 Å². The minimum Gasteiger partial charge on any atom is -0.507 e. The summed E-state index contributed by atoms with van der Waals surface area (Å²) in [6, 6.07) is 16.3. The Morgan fingerprint density at radius 2 is 1.96 bits per heavy atom. The summed E-state index contributed by atoms with van der Waals surface area (Å²) in [6.07, 6.45) is 1.37. The summed E-state index contributed by atoms with van der Waals surface area (Å²) >= 11 is 6.96. The van der Waals surface area contributed by atoms with Crippen LogP contribution in [0.2, 0.25) is 0 Å². The number of hydrazone groups is 1. The predicted molar refractivity (Wildman–Crippen MR) is 109 cm³/mol. The van der Waals surface area contributed by atoms with E-state index in [4.69, 9.17) is 4.74 Å². The molecule has 0 aliphatic rings. The smallest absolute Gasteiger partial charge is 0.277 e. The zero-order valence-electron chi connectivity index (χ0n) is 13.4. The number of phenols is 1. The zero-order valence-corrected chi connectivity index (χ0v) is 16.6. The maximum absolute atomic E-state index is 11.9. The van der Waals surface area contributed by atoms with Crippen molar-refractivity contribution in [3.05, 3.63) is 69.1 Å². The molecule has 7 heteroatoms. The zero-order chi connectivity index (χ0) is 18.5. The van der Waals surface area contributed by atoms with Crippen molar-refractivity contribution in [2.45, 2.75) is 0 Å². The van der Waals surface area contributed by atoms with Gasteiger partial charge in [0.1, 0.15) is 11.5 Å². The van der Waals surface area contributed by atoms with Crippen molar-refractivity contribution >= 4 is 54.8 Å². The van der Waals surface area contributed by atoms with Crippen LogP contribution in [-0.2, 0) is 4.79 Å². The van der Waals surface area contributed by atoms with Gasteiger partial charge < -0.3 is 9.84 Å². The molecule has 0 fully saturated rings. The summed E-state index contributed by atoms with van der Waals surface area (Å²) in [4.78, 5) is 11.9. The van der Waals surface area contributed by atoms with Gasteiger partial charge in [0, 0.05) is 10.0 Å². The molecule has 0 atom stereocenters. The van der Waals surface area contributed by atoms with Gasteiger partial charge in [0.05, 0.1) is 10.7 Å². The van der Waals surface area contributed by atoms with Gasteiger partial charge >= 0.3 is 0 Å². The largest absolute Gasteiger partial charge is 0.507 e. The number of nitrogens with zero attached hydrogens (tertiary/aromatic N) is 1. The number of fused-ring (bicyclic) bond motifs is 1. The van der Waals surface area contributed by atoms with E-state index in [0.717, 1.165) is 19.7 Å². The summed E-state index contributed by atoms with van der Waals surface area (Å²) in [5.41, 5.74) is 2.88. The number of rotatable bonds is 5. The normalized spacial score (nSPS) is 11.0. The minimum atomic E-state index is -0.403. The van der Waals surface area contributed by atoms with Gasteiger partial charge in [0.15, 0.2) is 6.61 Å². The summed E-state index contributed by atoms with van der Waals surface area (Å²) in [5.74, 6) is 0.257. The lowest BCUT2D eigenvalue weighted by Gasteiger charge is -2.10. The van der Waals surface area contributed by atoms with E-state index >= 15 is 0 Å². The molecule has 132 valence electrons. The molecule has 0 bridgehead atoms. The Balaban J connectivity index is 1.61. The molecule has 3 aromatic carbocycles. The van der Waals surface area contributed by atoms with Gasteiger partial charge in [-0.1, -0.05) is 40.2 Å². The van der Waals surface area contributed by atoms with Crippen molar-refractivity contribution in [3.8, 4) is 11.5 Å². The number of halogens is 2. The highest BCUT2D eigenvalue weighted by Gasteiger charge is 2.09. The number of hydrogen-bond acceptors (Lipinski definition) is 4. The van der Waals surface area contributed by atoms with Crippen molar-refractivity contribution in [2.75, 3.05) is 6.61 Å². The Morgan fingerprint density at radius 3 is 2.77 bits per heavy atom. The second kappa shape index (κ2) is 8.33. The van der Waals surface area contributed by atoms with Gasteiger partial charge in [-0.25, -0.2) is 5.43 Å². The van der Waals surface area contributed by atoms with Crippen molar-refractivity contribution in [1.29, 1.82) is 0 Å². The molecular formula is C19H14Br2N2O3. The number of carbonyl (C=O) groups excluding carboxylic acids is 1. The third kappa shape index (κ3) is 4.42.